The zero-order valence-corrected chi connectivity index (χ0v) is 12.3. The molecule has 1 aromatic rings. The largest absolute Gasteiger partial charge is 0.492 e. The van der Waals surface area contributed by atoms with Crippen molar-refractivity contribution in [1.29, 1.82) is 0 Å². The van der Waals surface area contributed by atoms with Gasteiger partial charge in [-0.05, 0) is 29.8 Å². The predicted molar refractivity (Wildman–Crippen MR) is 83.9 cm³/mol. The van der Waals surface area contributed by atoms with Crippen molar-refractivity contribution in [2.45, 2.75) is 12.5 Å². The average Bonchev–Trinajstić information content (AvgIpc) is 2.51. The van der Waals surface area contributed by atoms with E-state index in [9.17, 15) is 9.18 Å². The van der Waals surface area contributed by atoms with E-state index >= 15 is 0 Å². The fourth-order valence-corrected chi connectivity index (χ4v) is 1.56. The summed E-state index contributed by atoms with van der Waals surface area (Å²) in [5.41, 5.74) is 6.55. The maximum Gasteiger partial charge on any atom is 0.307 e. The van der Waals surface area contributed by atoms with Crippen LogP contribution in [0.2, 0.25) is 0 Å². The average molecular weight is 305 g/mol. The molecule has 1 rings (SSSR count). The Kier molecular flexibility index (Phi) is 7.64. The molecule has 0 heterocycles. The lowest BCUT2D eigenvalue weighted by Crippen LogP contribution is -2.31. The lowest BCUT2D eigenvalue weighted by Gasteiger charge is -2.13. The summed E-state index contributed by atoms with van der Waals surface area (Å²) in [6, 6.07) is 5.07. The van der Waals surface area contributed by atoms with Gasteiger partial charge in [0.05, 0.1) is 6.42 Å². The molecule has 0 saturated carbocycles. The van der Waals surface area contributed by atoms with Crippen molar-refractivity contribution in [2.75, 3.05) is 13.2 Å². The second-order valence-electron chi connectivity index (χ2n) is 4.57. The third kappa shape index (κ3) is 6.85. The number of carbonyl (C=O) groups is 1. The van der Waals surface area contributed by atoms with E-state index in [-0.39, 0.29) is 25.5 Å². The van der Waals surface area contributed by atoms with Crippen LogP contribution in [0.4, 0.5) is 4.39 Å². The number of rotatable bonds is 9. The van der Waals surface area contributed by atoms with E-state index in [1.54, 1.807) is 18.2 Å². The molecule has 0 amide bonds. The summed E-state index contributed by atoms with van der Waals surface area (Å²) in [5, 5.41) is 0. The summed E-state index contributed by atoms with van der Waals surface area (Å²) in [4.78, 5) is 11.6. The van der Waals surface area contributed by atoms with Crippen molar-refractivity contribution in [3.63, 3.8) is 0 Å². The highest BCUT2D eigenvalue weighted by molar-refractivity contribution is 5.70. The zero-order valence-electron chi connectivity index (χ0n) is 12.3. The number of ether oxygens (including phenoxy) is 2. The molecule has 0 aliphatic carbocycles. The summed E-state index contributed by atoms with van der Waals surface area (Å²) < 4.78 is 23.2. The summed E-state index contributed by atoms with van der Waals surface area (Å²) in [5.74, 6) is -0.272. The maximum absolute atomic E-state index is 12.7. The van der Waals surface area contributed by atoms with E-state index in [2.05, 4.69) is 13.2 Å². The van der Waals surface area contributed by atoms with Crippen molar-refractivity contribution >= 4 is 5.97 Å². The van der Waals surface area contributed by atoms with Gasteiger partial charge in [0.25, 0.3) is 0 Å². The highest BCUT2D eigenvalue weighted by Crippen LogP contribution is 2.11. The lowest BCUT2D eigenvalue weighted by molar-refractivity contribution is -0.143. The molecule has 0 aliphatic rings. The van der Waals surface area contributed by atoms with Crippen LogP contribution >= 0.6 is 0 Å². The molecule has 118 valence electrons. The fraction of sp³-hybridized carbons (Fsp3) is 0.235. The van der Waals surface area contributed by atoms with E-state index < -0.39 is 12.0 Å². The van der Waals surface area contributed by atoms with E-state index in [0.717, 1.165) is 5.57 Å². The SMILES string of the molecule is C=C/C=C(\C=C)COC(=O)CC(N)COc1ccc(F)cc1. The van der Waals surface area contributed by atoms with Gasteiger partial charge in [0, 0.05) is 6.04 Å². The molecular formula is C17H20FNO3. The molecule has 0 saturated heterocycles. The van der Waals surface area contributed by atoms with Crippen LogP contribution in [-0.4, -0.2) is 25.2 Å². The summed E-state index contributed by atoms with van der Waals surface area (Å²) in [6.45, 7) is 7.43. The maximum atomic E-state index is 12.7. The number of hydrogen-bond acceptors (Lipinski definition) is 4. The number of nitrogens with two attached hydrogens (primary N) is 1. The first-order valence-corrected chi connectivity index (χ1v) is 6.78. The van der Waals surface area contributed by atoms with Gasteiger partial charge in [-0.2, -0.15) is 0 Å². The minimum atomic E-state index is -0.506. The Hall–Kier alpha value is -2.40. The number of halogens is 1. The van der Waals surface area contributed by atoms with Crippen LogP contribution < -0.4 is 10.5 Å². The number of allylic oxidation sites excluding steroid dienone is 2. The van der Waals surface area contributed by atoms with Crippen LogP contribution in [0.3, 0.4) is 0 Å². The van der Waals surface area contributed by atoms with Gasteiger partial charge in [-0.3, -0.25) is 4.79 Å². The minimum Gasteiger partial charge on any atom is -0.492 e. The van der Waals surface area contributed by atoms with Gasteiger partial charge < -0.3 is 15.2 Å². The molecule has 1 aromatic carbocycles. The Balaban J connectivity index is 2.31. The van der Waals surface area contributed by atoms with Gasteiger partial charge in [0.1, 0.15) is 24.8 Å². The predicted octanol–water partition coefficient (Wildman–Crippen LogP) is 2.76. The van der Waals surface area contributed by atoms with Crippen molar-refractivity contribution in [3.05, 3.63) is 67.0 Å². The molecule has 5 heteroatoms. The van der Waals surface area contributed by atoms with Gasteiger partial charge >= 0.3 is 5.97 Å². The quantitative estimate of drug-likeness (QED) is 0.563. The van der Waals surface area contributed by atoms with Gasteiger partial charge in [0.15, 0.2) is 0 Å². The van der Waals surface area contributed by atoms with Gasteiger partial charge in [-0.1, -0.05) is 31.4 Å². The van der Waals surface area contributed by atoms with Crippen LogP contribution in [0, 0.1) is 5.82 Å². The van der Waals surface area contributed by atoms with Crippen molar-refractivity contribution in [2.24, 2.45) is 5.73 Å². The Morgan fingerprint density at radius 2 is 2.00 bits per heavy atom. The number of carbonyl (C=O) groups excluding carboxylic acids is 1. The summed E-state index contributed by atoms with van der Waals surface area (Å²) in [6.07, 6.45) is 4.91. The highest BCUT2D eigenvalue weighted by Gasteiger charge is 2.12. The third-order valence-corrected chi connectivity index (χ3v) is 2.70. The Morgan fingerprint density at radius 1 is 1.32 bits per heavy atom. The second-order valence-corrected chi connectivity index (χ2v) is 4.57. The van der Waals surface area contributed by atoms with E-state index in [1.807, 2.05) is 0 Å². The Labute approximate surface area is 129 Å². The van der Waals surface area contributed by atoms with Crippen LogP contribution in [0.5, 0.6) is 5.75 Å². The first kappa shape index (κ1) is 17.7. The minimum absolute atomic E-state index is 0.0275. The molecule has 1 unspecified atom stereocenters. The highest BCUT2D eigenvalue weighted by atomic mass is 19.1. The lowest BCUT2D eigenvalue weighted by atomic mass is 10.2. The first-order chi connectivity index (χ1) is 10.5. The van der Waals surface area contributed by atoms with Crippen molar-refractivity contribution in [1.82, 2.24) is 0 Å². The number of benzene rings is 1. The van der Waals surface area contributed by atoms with Crippen LogP contribution in [0.25, 0.3) is 0 Å². The van der Waals surface area contributed by atoms with Gasteiger partial charge in [0.2, 0.25) is 0 Å². The molecule has 0 fully saturated rings. The Morgan fingerprint density at radius 3 is 2.59 bits per heavy atom. The number of hydrogen-bond donors (Lipinski definition) is 1. The normalized spacial score (nSPS) is 12.4. The van der Waals surface area contributed by atoms with Gasteiger partial charge in [-0.15, -0.1) is 0 Å². The van der Waals surface area contributed by atoms with E-state index in [0.29, 0.717) is 5.75 Å². The number of esters is 1. The molecule has 0 bridgehead atoms. The molecule has 2 N–H and O–H groups in total. The van der Waals surface area contributed by atoms with Gasteiger partial charge in [-0.25, -0.2) is 4.39 Å². The van der Waals surface area contributed by atoms with E-state index in [1.165, 1.54) is 24.3 Å². The van der Waals surface area contributed by atoms with Crippen molar-refractivity contribution in [3.8, 4) is 5.75 Å². The van der Waals surface area contributed by atoms with Crippen LogP contribution in [-0.2, 0) is 9.53 Å². The van der Waals surface area contributed by atoms with E-state index in [4.69, 9.17) is 15.2 Å². The molecule has 0 aliphatic heterocycles. The molecule has 22 heavy (non-hydrogen) atoms. The van der Waals surface area contributed by atoms with Crippen molar-refractivity contribution < 1.29 is 18.7 Å². The molecule has 0 spiro atoms. The summed E-state index contributed by atoms with van der Waals surface area (Å²) in [7, 11) is 0. The third-order valence-electron chi connectivity index (χ3n) is 2.70. The molecule has 1 atom stereocenters. The monoisotopic (exact) mass is 305 g/mol. The smallest absolute Gasteiger partial charge is 0.307 e. The van der Waals surface area contributed by atoms with Crippen LogP contribution in [0.1, 0.15) is 6.42 Å². The zero-order chi connectivity index (χ0) is 16.4. The standard InChI is InChI=1S/C17H20FNO3/c1-3-5-13(4-2)11-22-17(20)10-15(19)12-21-16-8-6-14(18)7-9-16/h3-9,15H,1-2,10-12,19H2/b13-5+. The topological polar surface area (TPSA) is 61.5 Å². The van der Waals surface area contributed by atoms with Crippen LogP contribution in [0.15, 0.2) is 61.2 Å². The molecule has 0 radical (unpaired) electrons. The Bertz CT molecular complexity index is 537. The molecular weight excluding hydrogens is 285 g/mol. The summed E-state index contributed by atoms with van der Waals surface area (Å²) >= 11 is 0. The molecule has 4 nitrogen and oxygen atoms in total. The second kappa shape index (κ2) is 9.52. The molecule has 0 aromatic heterocycles. The first-order valence-electron chi connectivity index (χ1n) is 6.78. The fourth-order valence-electron chi connectivity index (χ4n) is 1.56.